The van der Waals surface area contributed by atoms with E-state index in [2.05, 4.69) is 194 Å². The van der Waals surface area contributed by atoms with Crippen LogP contribution in [0.25, 0.3) is 49.4 Å². The molecule has 222 valence electrons. The normalized spacial score (nSPS) is 11.8. The van der Waals surface area contributed by atoms with Gasteiger partial charge in [-0.25, -0.2) is 0 Å². The minimum absolute atomic E-state index is 0.0955. The van der Waals surface area contributed by atoms with Crippen LogP contribution in [0.4, 0.5) is 17.1 Å². The quantitative estimate of drug-likeness (QED) is 0.193. The van der Waals surface area contributed by atoms with Crippen molar-refractivity contribution < 1.29 is 0 Å². The van der Waals surface area contributed by atoms with Gasteiger partial charge in [0, 0.05) is 33.2 Å². The highest BCUT2D eigenvalue weighted by atomic mass is 15.1. The highest BCUT2D eigenvalue weighted by Crippen LogP contribution is 2.40. The molecule has 8 aromatic rings. The van der Waals surface area contributed by atoms with E-state index in [1.807, 2.05) is 0 Å². The van der Waals surface area contributed by atoms with Crippen molar-refractivity contribution in [1.29, 1.82) is 0 Å². The van der Waals surface area contributed by atoms with E-state index in [4.69, 9.17) is 0 Å². The maximum Gasteiger partial charge on any atom is 0.0541 e. The largest absolute Gasteiger partial charge is 0.310 e. The summed E-state index contributed by atoms with van der Waals surface area (Å²) in [6.07, 6.45) is 0. The summed E-state index contributed by atoms with van der Waals surface area (Å²) in [7, 11) is 0. The zero-order chi connectivity index (χ0) is 31.3. The molecule has 0 saturated carbocycles. The van der Waals surface area contributed by atoms with Gasteiger partial charge in [-0.2, -0.15) is 0 Å². The third-order valence-electron chi connectivity index (χ3n) is 9.14. The summed E-state index contributed by atoms with van der Waals surface area (Å²) in [5.74, 6) is 0. The van der Waals surface area contributed by atoms with Crippen LogP contribution in [0.3, 0.4) is 0 Å². The number of anilines is 3. The lowest BCUT2D eigenvalue weighted by atomic mass is 9.87. The zero-order valence-corrected chi connectivity index (χ0v) is 26.5. The van der Waals surface area contributed by atoms with E-state index in [9.17, 15) is 0 Å². The average Bonchev–Trinajstić information content (AvgIpc) is 3.43. The van der Waals surface area contributed by atoms with Crippen molar-refractivity contribution in [3.05, 3.63) is 169 Å². The molecule has 1 heterocycles. The molecular formula is C44H36N2. The molecule has 0 saturated heterocycles. The van der Waals surface area contributed by atoms with Crippen LogP contribution in [0, 0.1) is 0 Å². The Balaban J connectivity index is 1.22. The van der Waals surface area contributed by atoms with Crippen LogP contribution in [0.15, 0.2) is 164 Å². The molecule has 0 amide bonds. The second-order valence-electron chi connectivity index (χ2n) is 13.1. The van der Waals surface area contributed by atoms with Crippen LogP contribution >= 0.6 is 0 Å². The van der Waals surface area contributed by atoms with Crippen molar-refractivity contribution in [2.24, 2.45) is 0 Å². The van der Waals surface area contributed by atoms with E-state index in [0.717, 1.165) is 17.1 Å². The Kier molecular flexibility index (Phi) is 6.73. The molecule has 0 aliphatic heterocycles. The average molecular weight is 593 g/mol. The molecule has 0 fully saturated rings. The molecule has 2 heteroatoms. The van der Waals surface area contributed by atoms with E-state index in [0.29, 0.717) is 0 Å². The van der Waals surface area contributed by atoms with E-state index in [1.54, 1.807) is 0 Å². The van der Waals surface area contributed by atoms with Gasteiger partial charge in [0.15, 0.2) is 0 Å². The van der Waals surface area contributed by atoms with Crippen LogP contribution in [0.1, 0.15) is 26.3 Å². The van der Waals surface area contributed by atoms with E-state index in [1.165, 1.54) is 55.0 Å². The molecule has 0 spiro atoms. The minimum Gasteiger partial charge on any atom is -0.310 e. The standard InChI is InChI=1S/C44H36N2/c1-44(2,3)34-24-28-36(29-25-34)45(41-21-11-13-32-12-4-5-16-38(32)41)35-26-22-31(23-27-35)33-14-10-15-37(30-33)46-42-19-8-6-17-39(42)40-18-7-9-20-43(40)46/h4-30H,1-3H3. The van der Waals surface area contributed by atoms with Gasteiger partial charge in [-0.3, -0.25) is 0 Å². The number of rotatable bonds is 5. The smallest absolute Gasteiger partial charge is 0.0541 e. The molecule has 7 aromatic carbocycles. The third kappa shape index (κ3) is 4.83. The summed E-state index contributed by atoms with van der Waals surface area (Å²) in [6, 6.07) is 59.5. The molecule has 1 aromatic heterocycles. The van der Waals surface area contributed by atoms with Gasteiger partial charge >= 0.3 is 0 Å². The predicted molar refractivity (Wildman–Crippen MR) is 197 cm³/mol. The maximum absolute atomic E-state index is 2.38. The minimum atomic E-state index is 0.0955. The van der Waals surface area contributed by atoms with Gasteiger partial charge in [0.2, 0.25) is 0 Å². The number of fused-ring (bicyclic) bond motifs is 4. The first-order chi connectivity index (χ1) is 22.5. The van der Waals surface area contributed by atoms with Gasteiger partial charge in [0.05, 0.1) is 16.7 Å². The van der Waals surface area contributed by atoms with Crippen LogP contribution in [-0.2, 0) is 5.41 Å². The van der Waals surface area contributed by atoms with Gasteiger partial charge in [-0.05, 0) is 82.1 Å². The van der Waals surface area contributed by atoms with Gasteiger partial charge in [-0.1, -0.05) is 130 Å². The first-order valence-electron chi connectivity index (χ1n) is 16.0. The molecule has 8 rings (SSSR count). The molecular weight excluding hydrogens is 556 g/mol. The molecule has 0 atom stereocenters. The monoisotopic (exact) mass is 592 g/mol. The number of nitrogens with zero attached hydrogens (tertiary/aromatic N) is 2. The van der Waals surface area contributed by atoms with Crippen LogP contribution in [0.2, 0.25) is 0 Å². The highest BCUT2D eigenvalue weighted by molar-refractivity contribution is 6.09. The van der Waals surface area contributed by atoms with Crippen LogP contribution in [-0.4, -0.2) is 4.57 Å². The summed E-state index contributed by atoms with van der Waals surface area (Å²) < 4.78 is 2.38. The SMILES string of the molecule is CC(C)(C)c1ccc(N(c2ccc(-c3cccc(-n4c5ccccc5c5ccccc54)c3)cc2)c2cccc3ccccc23)cc1. The lowest BCUT2D eigenvalue weighted by Crippen LogP contribution is -2.13. The lowest BCUT2D eigenvalue weighted by molar-refractivity contribution is 0.590. The number of benzene rings is 7. The molecule has 46 heavy (non-hydrogen) atoms. The van der Waals surface area contributed by atoms with Crippen LogP contribution in [0.5, 0.6) is 0 Å². The first-order valence-corrected chi connectivity index (χ1v) is 16.0. The second-order valence-corrected chi connectivity index (χ2v) is 13.1. The van der Waals surface area contributed by atoms with Crippen molar-refractivity contribution in [1.82, 2.24) is 4.57 Å². The van der Waals surface area contributed by atoms with Crippen molar-refractivity contribution in [3.63, 3.8) is 0 Å². The van der Waals surface area contributed by atoms with Crippen LogP contribution < -0.4 is 4.90 Å². The fraction of sp³-hybridized carbons (Fsp3) is 0.0909. The fourth-order valence-electron chi connectivity index (χ4n) is 6.77. The van der Waals surface area contributed by atoms with Gasteiger partial charge in [0.25, 0.3) is 0 Å². The van der Waals surface area contributed by atoms with Crippen molar-refractivity contribution in [2.45, 2.75) is 26.2 Å². The van der Waals surface area contributed by atoms with Crippen molar-refractivity contribution in [3.8, 4) is 16.8 Å². The van der Waals surface area contributed by atoms with Crippen molar-refractivity contribution >= 4 is 49.6 Å². The Morgan fingerprint density at radius 1 is 0.457 bits per heavy atom. The van der Waals surface area contributed by atoms with Crippen molar-refractivity contribution in [2.75, 3.05) is 4.90 Å². The summed E-state index contributed by atoms with van der Waals surface area (Å²) >= 11 is 0. The number of aromatic nitrogens is 1. The number of para-hydroxylation sites is 2. The Hall–Kier alpha value is -5.60. The first kappa shape index (κ1) is 27.9. The van der Waals surface area contributed by atoms with Gasteiger partial charge < -0.3 is 9.47 Å². The lowest BCUT2D eigenvalue weighted by Gasteiger charge is -2.28. The summed E-state index contributed by atoms with van der Waals surface area (Å²) in [6.45, 7) is 6.79. The zero-order valence-electron chi connectivity index (χ0n) is 26.5. The summed E-state index contributed by atoms with van der Waals surface area (Å²) in [5.41, 5.74) is 10.8. The molecule has 0 radical (unpaired) electrons. The maximum atomic E-state index is 2.38. The molecule has 0 bridgehead atoms. The van der Waals surface area contributed by atoms with E-state index >= 15 is 0 Å². The number of hydrogen-bond donors (Lipinski definition) is 0. The molecule has 0 N–H and O–H groups in total. The molecule has 0 unspecified atom stereocenters. The Morgan fingerprint density at radius 2 is 1.00 bits per heavy atom. The summed E-state index contributed by atoms with van der Waals surface area (Å²) in [4.78, 5) is 2.38. The Bertz CT molecular complexity index is 2280. The Morgan fingerprint density at radius 3 is 1.65 bits per heavy atom. The fourth-order valence-corrected chi connectivity index (χ4v) is 6.77. The Labute approximate surface area is 270 Å². The van der Waals surface area contributed by atoms with E-state index < -0.39 is 0 Å². The summed E-state index contributed by atoms with van der Waals surface area (Å²) in [5, 5.41) is 5.01. The van der Waals surface area contributed by atoms with Gasteiger partial charge in [-0.15, -0.1) is 0 Å². The highest BCUT2D eigenvalue weighted by Gasteiger charge is 2.18. The molecule has 0 aliphatic rings. The number of hydrogen-bond acceptors (Lipinski definition) is 1. The third-order valence-corrected chi connectivity index (χ3v) is 9.14. The van der Waals surface area contributed by atoms with Gasteiger partial charge in [0.1, 0.15) is 0 Å². The molecule has 0 aliphatic carbocycles. The topological polar surface area (TPSA) is 8.17 Å². The molecule has 2 nitrogen and oxygen atoms in total. The van der Waals surface area contributed by atoms with E-state index in [-0.39, 0.29) is 5.41 Å². The predicted octanol–water partition coefficient (Wildman–Crippen LogP) is 12.4. The second kappa shape index (κ2) is 11.1.